The van der Waals surface area contributed by atoms with E-state index in [4.69, 9.17) is 5.11 Å². The van der Waals surface area contributed by atoms with Gasteiger partial charge in [-0.15, -0.1) is 0 Å². The fourth-order valence-electron chi connectivity index (χ4n) is 1.00. The van der Waals surface area contributed by atoms with Crippen LogP contribution in [-0.2, 0) is 0 Å². The number of aliphatic hydroxyl groups excluding tert-OH is 2. The Morgan fingerprint density at radius 1 is 1.45 bits per heavy atom. The number of rotatable bonds is 6. The average Bonchev–Trinajstić information content (AvgIpc) is 2.03. The van der Waals surface area contributed by atoms with Gasteiger partial charge in [-0.2, -0.15) is 0 Å². The molecule has 0 aliphatic rings. The molecule has 11 heavy (non-hydrogen) atoms. The van der Waals surface area contributed by atoms with Crippen LogP contribution in [0.25, 0.3) is 0 Å². The summed E-state index contributed by atoms with van der Waals surface area (Å²) in [6, 6.07) is -0.0602. The minimum absolute atomic E-state index is 0.0602. The molecule has 2 atom stereocenters. The van der Waals surface area contributed by atoms with Gasteiger partial charge in [0.25, 0.3) is 0 Å². The molecule has 0 aromatic carbocycles. The molecule has 68 valence electrons. The first kappa shape index (κ1) is 10.8. The predicted molar refractivity (Wildman–Crippen MR) is 44.0 cm³/mol. The molecule has 0 rings (SSSR count). The van der Waals surface area contributed by atoms with Crippen molar-refractivity contribution in [3.8, 4) is 0 Å². The lowest BCUT2D eigenvalue weighted by Gasteiger charge is -2.21. The molecule has 0 aromatic rings. The largest absolute Gasteiger partial charge is 0.381 e. The molecular weight excluding hydrogens is 144 g/mol. The Morgan fingerprint density at radius 3 is 2.45 bits per heavy atom. The lowest BCUT2D eigenvalue weighted by atomic mass is 10.1. The van der Waals surface area contributed by atoms with Crippen LogP contribution in [0, 0.1) is 0 Å². The molecule has 0 spiro atoms. The maximum Gasteiger partial charge on any atom is 0.120 e. The van der Waals surface area contributed by atoms with Crippen molar-refractivity contribution >= 4 is 0 Å². The topological polar surface area (TPSA) is 64.5 Å². The fourth-order valence-corrected chi connectivity index (χ4v) is 1.00. The number of hydrogen-bond acceptors (Lipinski definition) is 4. The summed E-state index contributed by atoms with van der Waals surface area (Å²) in [7, 11) is 1.69. The van der Waals surface area contributed by atoms with Crippen LogP contribution in [-0.4, -0.2) is 36.3 Å². The van der Waals surface area contributed by atoms with E-state index in [0.717, 1.165) is 12.8 Å². The summed E-state index contributed by atoms with van der Waals surface area (Å²) < 4.78 is 0. The molecule has 0 bridgehead atoms. The first-order chi connectivity index (χ1) is 5.26. The zero-order valence-electron chi connectivity index (χ0n) is 7.17. The summed E-state index contributed by atoms with van der Waals surface area (Å²) in [5, 5.41) is 23.3. The van der Waals surface area contributed by atoms with Crippen molar-refractivity contribution in [2.75, 3.05) is 13.8 Å². The van der Waals surface area contributed by atoms with Crippen molar-refractivity contribution in [2.24, 2.45) is 0 Å². The summed E-state index contributed by atoms with van der Waals surface area (Å²) >= 11 is 0. The number of likely N-dealkylation sites (N-methyl/N-ethyl adjacent to an activating group) is 1. The molecule has 0 saturated carbocycles. The molecule has 4 nitrogen and oxygen atoms in total. The first-order valence-corrected chi connectivity index (χ1v) is 3.95. The first-order valence-electron chi connectivity index (χ1n) is 3.95. The summed E-state index contributed by atoms with van der Waals surface area (Å²) in [5.74, 6) is 0. The Kier molecular flexibility index (Phi) is 6.45. The SMILES string of the molecule is CCC[C@H](NCO)C(O)NC. The van der Waals surface area contributed by atoms with Gasteiger partial charge in [0.1, 0.15) is 6.23 Å². The summed E-state index contributed by atoms with van der Waals surface area (Å²) in [5.41, 5.74) is 0. The van der Waals surface area contributed by atoms with Gasteiger partial charge >= 0.3 is 0 Å². The lowest BCUT2D eigenvalue weighted by molar-refractivity contribution is 0.0814. The molecule has 0 aromatic heterocycles. The molecule has 4 N–H and O–H groups in total. The second kappa shape index (κ2) is 6.54. The van der Waals surface area contributed by atoms with E-state index in [-0.39, 0.29) is 12.8 Å². The molecular formula is C7H18N2O2. The number of hydrogen-bond donors (Lipinski definition) is 4. The maximum absolute atomic E-state index is 9.30. The van der Waals surface area contributed by atoms with Crippen molar-refractivity contribution in [1.29, 1.82) is 0 Å². The lowest BCUT2D eigenvalue weighted by Crippen LogP contribution is -2.46. The van der Waals surface area contributed by atoms with Gasteiger partial charge in [0.15, 0.2) is 0 Å². The quantitative estimate of drug-likeness (QED) is 0.387. The van der Waals surface area contributed by atoms with Gasteiger partial charge in [-0.25, -0.2) is 0 Å². The van der Waals surface area contributed by atoms with Crippen molar-refractivity contribution in [3.63, 3.8) is 0 Å². The van der Waals surface area contributed by atoms with Crippen molar-refractivity contribution < 1.29 is 10.2 Å². The number of aliphatic hydroxyl groups is 2. The summed E-state index contributed by atoms with van der Waals surface area (Å²) in [4.78, 5) is 0. The smallest absolute Gasteiger partial charge is 0.120 e. The zero-order chi connectivity index (χ0) is 8.69. The van der Waals surface area contributed by atoms with Gasteiger partial charge in [0.2, 0.25) is 0 Å². The van der Waals surface area contributed by atoms with Gasteiger partial charge in [-0.05, 0) is 13.5 Å². The predicted octanol–water partition coefficient (Wildman–Crippen LogP) is -0.768. The molecule has 0 amide bonds. The highest BCUT2D eigenvalue weighted by atomic mass is 16.3. The summed E-state index contributed by atoms with van der Waals surface area (Å²) in [6.45, 7) is 1.94. The van der Waals surface area contributed by atoms with Gasteiger partial charge in [-0.1, -0.05) is 13.3 Å². The van der Waals surface area contributed by atoms with Gasteiger partial charge in [-0.3, -0.25) is 10.6 Å². The minimum Gasteiger partial charge on any atom is -0.381 e. The van der Waals surface area contributed by atoms with Crippen LogP contribution < -0.4 is 10.6 Å². The normalized spacial score (nSPS) is 16.4. The van der Waals surface area contributed by atoms with E-state index in [2.05, 4.69) is 10.6 Å². The van der Waals surface area contributed by atoms with Crippen molar-refractivity contribution in [2.45, 2.75) is 32.0 Å². The van der Waals surface area contributed by atoms with Crippen LogP contribution in [0.4, 0.5) is 0 Å². The van der Waals surface area contributed by atoms with Crippen LogP contribution in [0.2, 0.25) is 0 Å². The molecule has 0 heterocycles. The Bertz CT molecular complexity index is 84.5. The third-order valence-corrected chi connectivity index (χ3v) is 1.63. The van der Waals surface area contributed by atoms with Crippen LogP contribution >= 0.6 is 0 Å². The molecule has 0 saturated heterocycles. The van der Waals surface area contributed by atoms with E-state index in [1.807, 2.05) is 6.92 Å². The van der Waals surface area contributed by atoms with Crippen LogP contribution in [0.1, 0.15) is 19.8 Å². The standard InChI is InChI=1S/C7H18N2O2/c1-3-4-6(9-5-10)7(11)8-2/h6-11H,3-5H2,1-2H3/t6-,7?/m0/s1. The van der Waals surface area contributed by atoms with Crippen LogP contribution in [0.5, 0.6) is 0 Å². The Morgan fingerprint density at radius 2 is 2.09 bits per heavy atom. The van der Waals surface area contributed by atoms with Crippen molar-refractivity contribution in [1.82, 2.24) is 10.6 Å². The highest BCUT2D eigenvalue weighted by Gasteiger charge is 2.14. The monoisotopic (exact) mass is 162 g/mol. The van der Waals surface area contributed by atoms with Gasteiger partial charge in [0, 0.05) is 6.04 Å². The van der Waals surface area contributed by atoms with Crippen LogP contribution in [0.15, 0.2) is 0 Å². The van der Waals surface area contributed by atoms with Gasteiger partial charge in [0.05, 0.1) is 6.73 Å². The minimum atomic E-state index is -0.581. The zero-order valence-corrected chi connectivity index (χ0v) is 7.17. The Labute approximate surface area is 67.6 Å². The highest BCUT2D eigenvalue weighted by molar-refractivity contribution is 4.70. The number of nitrogens with one attached hydrogen (secondary N) is 2. The fraction of sp³-hybridized carbons (Fsp3) is 1.00. The van der Waals surface area contributed by atoms with E-state index in [1.165, 1.54) is 0 Å². The third kappa shape index (κ3) is 4.31. The molecule has 0 aliphatic heterocycles. The second-order valence-corrected chi connectivity index (χ2v) is 2.49. The van der Waals surface area contributed by atoms with E-state index in [0.29, 0.717) is 0 Å². The molecule has 0 radical (unpaired) electrons. The van der Waals surface area contributed by atoms with E-state index < -0.39 is 6.23 Å². The van der Waals surface area contributed by atoms with E-state index in [1.54, 1.807) is 7.05 Å². The van der Waals surface area contributed by atoms with Gasteiger partial charge < -0.3 is 10.2 Å². The third-order valence-electron chi connectivity index (χ3n) is 1.63. The second-order valence-electron chi connectivity index (χ2n) is 2.49. The average molecular weight is 162 g/mol. The molecule has 0 aliphatic carbocycles. The highest BCUT2D eigenvalue weighted by Crippen LogP contribution is 1.99. The van der Waals surface area contributed by atoms with E-state index >= 15 is 0 Å². The van der Waals surface area contributed by atoms with E-state index in [9.17, 15) is 5.11 Å². The Balaban J connectivity index is 3.66. The Hall–Kier alpha value is -0.160. The van der Waals surface area contributed by atoms with Crippen LogP contribution in [0.3, 0.4) is 0 Å². The molecule has 1 unspecified atom stereocenters. The summed E-state index contributed by atoms with van der Waals surface area (Å²) in [6.07, 6.45) is 1.25. The molecule has 0 fully saturated rings. The van der Waals surface area contributed by atoms with Crippen molar-refractivity contribution in [3.05, 3.63) is 0 Å². The maximum atomic E-state index is 9.30. The molecule has 4 heteroatoms.